The standard InChI is InChI=1S/C19H26FN3O2/c20-15-5-3-4-14(12-15)13-18(24)23-10-8-17(9-11-23)22-19(25)21-16-6-1-2-7-16/h3-5,12,16-17H,1-2,6-11,13H2,(H2,21,22,25). The van der Waals surface area contributed by atoms with Crippen LogP contribution >= 0.6 is 0 Å². The Balaban J connectivity index is 1.40. The smallest absolute Gasteiger partial charge is 0.315 e. The van der Waals surface area contributed by atoms with Gasteiger partial charge in [-0.1, -0.05) is 25.0 Å². The lowest BCUT2D eigenvalue weighted by molar-refractivity contribution is -0.131. The van der Waals surface area contributed by atoms with Crippen LogP contribution in [-0.2, 0) is 11.2 Å². The van der Waals surface area contributed by atoms with Crippen molar-refractivity contribution in [3.63, 3.8) is 0 Å². The minimum Gasteiger partial charge on any atom is -0.342 e. The van der Waals surface area contributed by atoms with Gasteiger partial charge in [0, 0.05) is 25.2 Å². The molecule has 0 atom stereocenters. The number of benzene rings is 1. The molecule has 0 aromatic heterocycles. The number of hydrogen-bond acceptors (Lipinski definition) is 2. The summed E-state index contributed by atoms with van der Waals surface area (Å²) in [5.74, 6) is -0.305. The topological polar surface area (TPSA) is 61.4 Å². The van der Waals surface area contributed by atoms with E-state index in [4.69, 9.17) is 0 Å². The molecule has 0 unspecified atom stereocenters. The number of amides is 3. The largest absolute Gasteiger partial charge is 0.342 e. The van der Waals surface area contributed by atoms with Crippen molar-refractivity contribution in [2.45, 2.75) is 57.0 Å². The van der Waals surface area contributed by atoms with Crippen LogP contribution in [0.3, 0.4) is 0 Å². The SMILES string of the molecule is O=C(NC1CCCC1)NC1CCN(C(=O)Cc2cccc(F)c2)CC1. The van der Waals surface area contributed by atoms with Crippen LogP contribution in [0.25, 0.3) is 0 Å². The molecule has 0 radical (unpaired) electrons. The van der Waals surface area contributed by atoms with Gasteiger partial charge in [-0.15, -0.1) is 0 Å². The number of likely N-dealkylation sites (tertiary alicyclic amines) is 1. The highest BCUT2D eigenvalue weighted by atomic mass is 19.1. The van der Waals surface area contributed by atoms with E-state index in [1.807, 2.05) is 0 Å². The van der Waals surface area contributed by atoms with E-state index in [1.165, 1.54) is 25.0 Å². The van der Waals surface area contributed by atoms with Gasteiger partial charge < -0.3 is 15.5 Å². The second kappa shape index (κ2) is 8.32. The number of nitrogens with zero attached hydrogens (tertiary/aromatic N) is 1. The number of carbonyl (C=O) groups is 2. The molecule has 2 N–H and O–H groups in total. The molecule has 1 heterocycles. The highest BCUT2D eigenvalue weighted by Gasteiger charge is 2.25. The molecular weight excluding hydrogens is 321 g/mol. The van der Waals surface area contributed by atoms with Crippen LogP contribution in [0.5, 0.6) is 0 Å². The van der Waals surface area contributed by atoms with Crippen LogP contribution in [-0.4, -0.2) is 42.0 Å². The Labute approximate surface area is 148 Å². The van der Waals surface area contributed by atoms with E-state index in [-0.39, 0.29) is 30.2 Å². The number of halogens is 1. The molecule has 2 aliphatic rings. The fourth-order valence-electron chi connectivity index (χ4n) is 3.69. The molecule has 3 rings (SSSR count). The Bertz CT molecular complexity index is 608. The molecule has 1 aromatic rings. The first-order valence-corrected chi connectivity index (χ1v) is 9.19. The van der Waals surface area contributed by atoms with Crippen LogP contribution < -0.4 is 10.6 Å². The van der Waals surface area contributed by atoms with Crippen molar-refractivity contribution in [3.05, 3.63) is 35.6 Å². The van der Waals surface area contributed by atoms with Crippen molar-refractivity contribution >= 4 is 11.9 Å². The molecule has 5 nitrogen and oxygen atoms in total. The quantitative estimate of drug-likeness (QED) is 0.879. The summed E-state index contributed by atoms with van der Waals surface area (Å²) in [5.41, 5.74) is 0.696. The van der Waals surface area contributed by atoms with Gasteiger partial charge in [-0.05, 0) is 43.4 Å². The Morgan fingerprint density at radius 3 is 2.32 bits per heavy atom. The monoisotopic (exact) mass is 347 g/mol. The summed E-state index contributed by atoms with van der Waals surface area (Å²) in [6, 6.07) is 6.50. The first-order valence-electron chi connectivity index (χ1n) is 9.19. The van der Waals surface area contributed by atoms with Crippen LogP contribution in [0.4, 0.5) is 9.18 Å². The van der Waals surface area contributed by atoms with Gasteiger partial charge in [-0.3, -0.25) is 4.79 Å². The van der Waals surface area contributed by atoms with Gasteiger partial charge in [0.1, 0.15) is 5.82 Å². The lowest BCUT2D eigenvalue weighted by atomic mass is 10.0. The van der Waals surface area contributed by atoms with Crippen molar-refractivity contribution < 1.29 is 14.0 Å². The van der Waals surface area contributed by atoms with Gasteiger partial charge in [0.2, 0.25) is 5.91 Å². The van der Waals surface area contributed by atoms with Crippen LogP contribution in [0.1, 0.15) is 44.1 Å². The van der Waals surface area contributed by atoms with Crippen molar-refractivity contribution in [2.75, 3.05) is 13.1 Å². The fourth-order valence-corrected chi connectivity index (χ4v) is 3.69. The zero-order chi connectivity index (χ0) is 17.6. The molecule has 1 aliphatic heterocycles. The van der Waals surface area contributed by atoms with Crippen molar-refractivity contribution in [1.82, 2.24) is 15.5 Å². The Morgan fingerprint density at radius 2 is 1.68 bits per heavy atom. The zero-order valence-corrected chi connectivity index (χ0v) is 14.5. The summed E-state index contributed by atoms with van der Waals surface area (Å²) in [6.45, 7) is 1.26. The molecule has 1 aliphatic carbocycles. The number of rotatable bonds is 4. The number of nitrogens with one attached hydrogen (secondary N) is 2. The van der Waals surface area contributed by atoms with E-state index in [9.17, 15) is 14.0 Å². The zero-order valence-electron chi connectivity index (χ0n) is 14.5. The molecule has 25 heavy (non-hydrogen) atoms. The third-order valence-corrected chi connectivity index (χ3v) is 5.12. The lowest BCUT2D eigenvalue weighted by Gasteiger charge is -2.32. The minimum atomic E-state index is -0.318. The van der Waals surface area contributed by atoms with Gasteiger partial charge in [-0.25, -0.2) is 9.18 Å². The average molecular weight is 347 g/mol. The molecule has 3 amide bonds. The maximum Gasteiger partial charge on any atom is 0.315 e. The van der Waals surface area contributed by atoms with Gasteiger partial charge in [0.15, 0.2) is 0 Å². The van der Waals surface area contributed by atoms with E-state index in [0.717, 1.165) is 25.7 Å². The summed E-state index contributed by atoms with van der Waals surface area (Å²) < 4.78 is 13.2. The summed E-state index contributed by atoms with van der Waals surface area (Å²) in [7, 11) is 0. The maximum absolute atomic E-state index is 13.2. The van der Waals surface area contributed by atoms with Gasteiger partial charge in [0.05, 0.1) is 6.42 Å². The average Bonchev–Trinajstić information content (AvgIpc) is 3.08. The molecule has 1 aromatic carbocycles. The Hall–Kier alpha value is -2.11. The third-order valence-electron chi connectivity index (χ3n) is 5.12. The van der Waals surface area contributed by atoms with Crippen molar-refractivity contribution in [2.24, 2.45) is 0 Å². The number of urea groups is 1. The van der Waals surface area contributed by atoms with Crippen LogP contribution in [0.15, 0.2) is 24.3 Å². The number of hydrogen-bond donors (Lipinski definition) is 2. The normalized spacial score (nSPS) is 19.0. The first-order chi connectivity index (χ1) is 12.1. The molecule has 6 heteroatoms. The van der Waals surface area contributed by atoms with Gasteiger partial charge in [0.25, 0.3) is 0 Å². The highest BCUT2D eigenvalue weighted by molar-refractivity contribution is 5.79. The van der Waals surface area contributed by atoms with Gasteiger partial charge >= 0.3 is 6.03 Å². The predicted octanol–water partition coefficient (Wildman–Crippen LogP) is 2.60. The molecule has 0 bridgehead atoms. The van der Waals surface area contributed by atoms with Crippen LogP contribution in [0.2, 0.25) is 0 Å². The van der Waals surface area contributed by atoms with E-state index in [1.54, 1.807) is 17.0 Å². The molecular formula is C19H26FN3O2. The van der Waals surface area contributed by atoms with Crippen molar-refractivity contribution in [3.8, 4) is 0 Å². The number of piperidine rings is 1. The fraction of sp³-hybridized carbons (Fsp3) is 0.579. The second-order valence-electron chi connectivity index (χ2n) is 7.06. The second-order valence-corrected chi connectivity index (χ2v) is 7.06. The summed E-state index contributed by atoms with van der Waals surface area (Å²) >= 11 is 0. The lowest BCUT2D eigenvalue weighted by Crippen LogP contribution is -2.50. The molecule has 1 saturated carbocycles. The molecule has 0 spiro atoms. The minimum absolute atomic E-state index is 0.0134. The summed E-state index contributed by atoms with van der Waals surface area (Å²) in [5, 5.41) is 6.06. The van der Waals surface area contributed by atoms with Gasteiger partial charge in [-0.2, -0.15) is 0 Å². The summed E-state index contributed by atoms with van der Waals surface area (Å²) in [4.78, 5) is 26.2. The highest BCUT2D eigenvalue weighted by Crippen LogP contribution is 2.18. The predicted molar refractivity (Wildman–Crippen MR) is 93.6 cm³/mol. The van der Waals surface area contributed by atoms with E-state index < -0.39 is 0 Å². The Morgan fingerprint density at radius 1 is 1.04 bits per heavy atom. The number of carbonyl (C=O) groups excluding carboxylic acids is 2. The van der Waals surface area contributed by atoms with E-state index in [2.05, 4.69) is 10.6 Å². The molecule has 1 saturated heterocycles. The van der Waals surface area contributed by atoms with Crippen molar-refractivity contribution in [1.29, 1.82) is 0 Å². The van der Waals surface area contributed by atoms with Crippen LogP contribution in [0, 0.1) is 5.82 Å². The third kappa shape index (κ3) is 5.18. The Kier molecular flexibility index (Phi) is 5.89. The summed E-state index contributed by atoms with van der Waals surface area (Å²) in [6.07, 6.45) is 6.26. The van der Waals surface area contributed by atoms with E-state index >= 15 is 0 Å². The van der Waals surface area contributed by atoms with E-state index in [0.29, 0.717) is 24.7 Å². The molecule has 136 valence electrons. The maximum atomic E-state index is 13.2. The molecule has 2 fully saturated rings. The first kappa shape index (κ1) is 17.7.